The first-order valence-corrected chi connectivity index (χ1v) is 9.48. The summed E-state index contributed by atoms with van der Waals surface area (Å²) in [6.45, 7) is 7.33. The minimum Gasteiger partial charge on any atom is -0.450 e. The number of ether oxygens (including phenoxy) is 1. The zero-order valence-electron chi connectivity index (χ0n) is 15.7. The van der Waals surface area contributed by atoms with E-state index in [1.807, 2.05) is 18.2 Å². The number of imidazole rings is 1. The van der Waals surface area contributed by atoms with Gasteiger partial charge in [0.1, 0.15) is 12.6 Å². The van der Waals surface area contributed by atoms with Crippen molar-refractivity contribution in [1.82, 2.24) is 9.55 Å². The Morgan fingerprint density at radius 1 is 1.30 bits per heavy atom. The first-order chi connectivity index (χ1) is 13.2. The minimum absolute atomic E-state index is 0.352. The summed E-state index contributed by atoms with van der Waals surface area (Å²) in [6.07, 6.45) is -0.437. The second kappa shape index (κ2) is 7.40. The average Bonchev–Trinajstić information content (AvgIpc) is 3.05. The molecule has 27 heavy (non-hydrogen) atoms. The minimum atomic E-state index is -0.437. The molecule has 1 aromatic heterocycles. The molecule has 6 heteroatoms. The molecule has 0 radical (unpaired) electrons. The highest BCUT2D eigenvalue weighted by Crippen LogP contribution is 2.22. The molecular formula is C21H25N4O2+. The predicted molar refractivity (Wildman–Crippen MR) is 105 cm³/mol. The van der Waals surface area contributed by atoms with Crippen molar-refractivity contribution in [1.29, 1.82) is 0 Å². The number of amides is 1. The summed E-state index contributed by atoms with van der Waals surface area (Å²) in [5, 5.41) is 2.75. The molecule has 140 valence electrons. The van der Waals surface area contributed by atoms with Gasteiger partial charge in [-0.15, -0.1) is 0 Å². The van der Waals surface area contributed by atoms with E-state index < -0.39 is 6.09 Å². The Morgan fingerprint density at radius 2 is 2.11 bits per heavy atom. The van der Waals surface area contributed by atoms with Gasteiger partial charge in [-0.2, -0.15) is 0 Å². The molecule has 3 aromatic rings. The molecular weight excluding hydrogens is 340 g/mol. The zero-order chi connectivity index (χ0) is 18.8. The molecule has 0 saturated heterocycles. The Morgan fingerprint density at radius 3 is 2.89 bits per heavy atom. The number of quaternary nitrogens is 1. The van der Waals surface area contributed by atoms with E-state index in [2.05, 4.69) is 47.1 Å². The lowest BCUT2D eigenvalue weighted by molar-refractivity contribution is -0.947. The molecule has 1 aliphatic heterocycles. The van der Waals surface area contributed by atoms with E-state index in [1.165, 1.54) is 10.5 Å². The number of aromatic nitrogens is 2. The lowest BCUT2D eigenvalue weighted by Gasteiger charge is -2.30. The van der Waals surface area contributed by atoms with Gasteiger partial charge in [-0.3, -0.25) is 5.32 Å². The fourth-order valence-electron chi connectivity index (χ4n) is 3.82. The van der Waals surface area contributed by atoms with E-state index >= 15 is 0 Å². The molecule has 1 unspecified atom stereocenters. The van der Waals surface area contributed by atoms with E-state index in [4.69, 9.17) is 9.72 Å². The Kier molecular flexibility index (Phi) is 4.81. The molecule has 2 aromatic carbocycles. The number of fused-ring (bicyclic) bond motifs is 3. The lowest BCUT2D eigenvalue weighted by Crippen LogP contribution is -3.12. The van der Waals surface area contributed by atoms with Crippen LogP contribution in [-0.4, -0.2) is 28.8 Å². The number of rotatable bonds is 4. The molecule has 2 heterocycles. The van der Waals surface area contributed by atoms with Crippen LogP contribution in [0.15, 0.2) is 48.5 Å². The second-order valence-electron chi connectivity index (χ2n) is 6.95. The van der Waals surface area contributed by atoms with Crippen molar-refractivity contribution in [2.75, 3.05) is 18.5 Å². The fourth-order valence-corrected chi connectivity index (χ4v) is 3.82. The van der Waals surface area contributed by atoms with Gasteiger partial charge in [-0.1, -0.05) is 30.3 Å². The quantitative estimate of drug-likeness (QED) is 0.747. The highest BCUT2D eigenvalue weighted by Gasteiger charge is 2.27. The number of nitrogens with one attached hydrogen (secondary N) is 2. The number of carbonyl (C=O) groups is 1. The van der Waals surface area contributed by atoms with Crippen molar-refractivity contribution in [3.05, 3.63) is 59.9 Å². The number of carbonyl (C=O) groups excluding carboxylic acids is 1. The van der Waals surface area contributed by atoms with Gasteiger partial charge >= 0.3 is 6.09 Å². The first kappa shape index (κ1) is 17.5. The third kappa shape index (κ3) is 3.53. The highest BCUT2D eigenvalue weighted by molar-refractivity contribution is 5.89. The van der Waals surface area contributed by atoms with Crippen LogP contribution < -0.4 is 10.2 Å². The van der Waals surface area contributed by atoms with Gasteiger partial charge in [0.15, 0.2) is 5.82 Å². The number of hydrogen-bond acceptors (Lipinski definition) is 3. The normalized spacial score (nSPS) is 17.3. The largest absolute Gasteiger partial charge is 0.450 e. The van der Waals surface area contributed by atoms with Crippen LogP contribution in [0.1, 0.15) is 31.3 Å². The molecule has 2 N–H and O–H groups in total. The van der Waals surface area contributed by atoms with Gasteiger partial charge in [0, 0.05) is 11.3 Å². The maximum atomic E-state index is 11.6. The Balaban J connectivity index is 1.56. The summed E-state index contributed by atoms with van der Waals surface area (Å²) in [7, 11) is 0. The topological polar surface area (TPSA) is 60.6 Å². The van der Waals surface area contributed by atoms with Gasteiger partial charge in [-0.25, -0.2) is 9.78 Å². The summed E-state index contributed by atoms with van der Waals surface area (Å²) < 4.78 is 7.24. The smallest absolute Gasteiger partial charge is 0.411 e. The maximum absolute atomic E-state index is 11.6. The Labute approximate surface area is 158 Å². The summed E-state index contributed by atoms with van der Waals surface area (Å²) in [4.78, 5) is 18.0. The molecule has 1 amide bonds. The van der Waals surface area contributed by atoms with Crippen LogP contribution in [0.25, 0.3) is 11.0 Å². The molecule has 0 bridgehead atoms. The predicted octanol–water partition coefficient (Wildman–Crippen LogP) is 2.76. The molecule has 0 fully saturated rings. The average molecular weight is 365 g/mol. The highest BCUT2D eigenvalue weighted by atomic mass is 16.5. The molecule has 2 atom stereocenters. The van der Waals surface area contributed by atoms with Crippen molar-refractivity contribution >= 4 is 22.8 Å². The third-order valence-electron chi connectivity index (χ3n) is 5.30. The third-order valence-corrected chi connectivity index (χ3v) is 5.30. The Hall–Kier alpha value is -2.86. The number of hydrogen-bond donors (Lipinski definition) is 2. The SMILES string of the molecule is CCOC(=O)Nc1ccc2c(c1)nc1n2CC[NH+]([C@@H](C)c2ccccc2)C1. The van der Waals surface area contributed by atoms with Gasteiger partial charge in [0.25, 0.3) is 0 Å². The fraction of sp³-hybridized carbons (Fsp3) is 0.333. The van der Waals surface area contributed by atoms with E-state index in [-0.39, 0.29) is 0 Å². The molecule has 0 aliphatic carbocycles. The van der Waals surface area contributed by atoms with Crippen molar-refractivity contribution in [2.45, 2.75) is 33.0 Å². The van der Waals surface area contributed by atoms with E-state index in [0.717, 1.165) is 36.5 Å². The van der Waals surface area contributed by atoms with Crippen molar-refractivity contribution in [2.24, 2.45) is 0 Å². The van der Waals surface area contributed by atoms with E-state index in [1.54, 1.807) is 6.92 Å². The summed E-state index contributed by atoms with van der Waals surface area (Å²) >= 11 is 0. The van der Waals surface area contributed by atoms with Gasteiger partial charge in [0.05, 0.1) is 30.7 Å². The molecule has 1 aliphatic rings. The number of anilines is 1. The molecule has 6 nitrogen and oxygen atoms in total. The van der Waals surface area contributed by atoms with Crippen molar-refractivity contribution in [3.8, 4) is 0 Å². The van der Waals surface area contributed by atoms with Crippen LogP contribution in [0.4, 0.5) is 10.5 Å². The zero-order valence-corrected chi connectivity index (χ0v) is 15.7. The van der Waals surface area contributed by atoms with Gasteiger partial charge in [0.2, 0.25) is 0 Å². The van der Waals surface area contributed by atoms with Crippen molar-refractivity contribution < 1.29 is 14.4 Å². The van der Waals surface area contributed by atoms with Crippen molar-refractivity contribution in [3.63, 3.8) is 0 Å². The molecule has 4 rings (SSSR count). The maximum Gasteiger partial charge on any atom is 0.411 e. The van der Waals surface area contributed by atoms with Gasteiger partial charge < -0.3 is 14.2 Å². The monoisotopic (exact) mass is 365 g/mol. The van der Waals surface area contributed by atoms with Crippen LogP contribution in [-0.2, 0) is 17.8 Å². The van der Waals surface area contributed by atoms with E-state index in [0.29, 0.717) is 18.3 Å². The second-order valence-corrected chi connectivity index (χ2v) is 6.95. The van der Waals surface area contributed by atoms with Gasteiger partial charge in [-0.05, 0) is 32.0 Å². The summed E-state index contributed by atoms with van der Waals surface area (Å²) in [5.74, 6) is 1.10. The molecule has 0 saturated carbocycles. The number of nitrogens with zero attached hydrogens (tertiary/aromatic N) is 2. The lowest BCUT2D eigenvalue weighted by atomic mass is 10.1. The Bertz CT molecular complexity index is 951. The van der Waals surface area contributed by atoms with E-state index in [9.17, 15) is 4.79 Å². The molecule has 0 spiro atoms. The summed E-state index contributed by atoms with van der Waals surface area (Å²) in [6, 6.07) is 16.9. The standard InChI is InChI=1S/C21H24N4O2/c1-3-27-21(26)22-17-9-10-19-18(13-17)23-20-14-24(11-12-25(19)20)15(2)16-7-5-4-6-8-16/h4-10,13,15H,3,11-12,14H2,1-2H3,(H,22,26)/p+1/t15-/m0/s1. The first-order valence-electron chi connectivity index (χ1n) is 9.48. The number of benzene rings is 2. The van der Waals surface area contributed by atoms with Crippen LogP contribution in [0, 0.1) is 0 Å². The van der Waals surface area contributed by atoms with Crippen LogP contribution in [0.5, 0.6) is 0 Å². The van der Waals surface area contributed by atoms with Crippen LogP contribution >= 0.6 is 0 Å². The van der Waals surface area contributed by atoms with Crippen LogP contribution in [0.2, 0.25) is 0 Å². The van der Waals surface area contributed by atoms with Crippen LogP contribution in [0.3, 0.4) is 0 Å². The summed E-state index contributed by atoms with van der Waals surface area (Å²) in [5.41, 5.74) is 4.09.